The first-order valence-electron chi connectivity index (χ1n) is 10.9. The van der Waals surface area contributed by atoms with Crippen LogP contribution in [0, 0.1) is 0 Å². The molecule has 2 unspecified atom stereocenters. The van der Waals surface area contributed by atoms with E-state index in [9.17, 15) is 8.42 Å². The molecule has 2 heterocycles. The maximum atomic E-state index is 13.3. The van der Waals surface area contributed by atoms with E-state index in [1.165, 1.54) is 0 Å². The number of sulfonamides is 1. The van der Waals surface area contributed by atoms with Gasteiger partial charge in [0.25, 0.3) is 0 Å². The number of benzene rings is 2. The molecule has 0 saturated heterocycles. The van der Waals surface area contributed by atoms with Crippen LogP contribution in [0.5, 0.6) is 11.5 Å². The van der Waals surface area contributed by atoms with Gasteiger partial charge >= 0.3 is 0 Å². The zero-order chi connectivity index (χ0) is 22.1. The molecule has 1 aliphatic heterocycles. The van der Waals surface area contributed by atoms with Crippen LogP contribution in [-0.2, 0) is 16.4 Å². The minimum Gasteiger partial charge on any atom is -0.454 e. The summed E-state index contributed by atoms with van der Waals surface area (Å²) in [6.07, 6.45) is 7.53. The van der Waals surface area contributed by atoms with E-state index in [1.54, 1.807) is 18.7 Å². The third kappa shape index (κ3) is 4.10. The molecule has 0 spiro atoms. The quantitative estimate of drug-likeness (QED) is 0.610. The van der Waals surface area contributed by atoms with Crippen LogP contribution in [0.25, 0.3) is 11.1 Å². The number of hydrogen-bond acceptors (Lipinski definition) is 6. The molecule has 1 aliphatic carbocycles. The van der Waals surface area contributed by atoms with E-state index in [1.807, 2.05) is 41.8 Å². The fourth-order valence-electron chi connectivity index (χ4n) is 4.60. The van der Waals surface area contributed by atoms with Crippen molar-refractivity contribution in [3.63, 3.8) is 0 Å². The molecule has 0 bridgehead atoms. The largest absolute Gasteiger partial charge is 0.454 e. The molecule has 5 rings (SSSR count). The Balaban J connectivity index is 1.37. The van der Waals surface area contributed by atoms with Gasteiger partial charge in [0.15, 0.2) is 11.5 Å². The molecule has 2 aliphatic rings. The van der Waals surface area contributed by atoms with Crippen molar-refractivity contribution in [3.8, 4) is 22.6 Å². The fourth-order valence-corrected chi connectivity index (χ4v) is 6.17. The van der Waals surface area contributed by atoms with Crippen molar-refractivity contribution in [1.29, 1.82) is 0 Å². The second-order valence-corrected chi connectivity index (χ2v) is 9.97. The maximum Gasteiger partial charge on any atom is 0.241 e. The third-order valence-corrected chi connectivity index (χ3v) is 7.88. The fraction of sp³-hybridized carbons (Fsp3) is 0.391. The Hall–Kier alpha value is -2.91. The first-order chi connectivity index (χ1) is 15.5. The van der Waals surface area contributed by atoms with E-state index in [0.29, 0.717) is 17.1 Å². The molecule has 1 fully saturated rings. The molecule has 0 radical (unpaired) electrons. The minimum atomic E-state index is -3.64. The number of fused-ring (bicyclic) bond motifs is 1. The highest BCUT2D eigenvalue weighted by Crippen LogP contribution is 2.37. The van der Waals surface area contributed by atoms with E-state index in [-0.39, 0.29) is 18.9 Å². The normalized spacial score (nSPS) is 20.4. The van der Waals surface area contributed by atoms with Crippen molar-refractivity contribution in [1.82, 2.24) is 19.5 Å². The number of ether oxygens (including phenoxy) is 2. The van der Waals surface area contributed by atoms with Gasteiger partial charge in [0.05, 0.1) is 4.90 Å². The van der Waals surface area contributed by atoms with Crippen molar-refractivity contribution < 1.29 is 17.9 Å². The molecule has 3 aromatic rings. The summed E-state index contributed by atoms with van der Waals surface area (Å²) < 4.78 is 42.4. The van der Waals surface area contributed by atoms with Crippen LogP contribution in [0.15, 0.2) is 53.9 Å². The molecular weight excluding hydrogens is 428 g/mol. The summed E-state index contributed by atoms with van der Waals surface area (Å²) >= 11 is 0. The van der Waals surface area contributed by atoms with Crippen LogP contribution in [0.3, 0.4) is 0 Å². The van der Waals surface area contributed by atoms with Crippen LogP contribution in [0.2, 0.25) is 0 Å². The first kappa shape index (κ1) is 21.0. The lowest BCUT2D eigenvalue weighted by molar-refractivity contribution is 0.174. The van der Waals surface area contributed by atoms with E-state index >= 15 is 0 Å². The molecule has 1 aromatic heterocycles. The van der Waals surface area contributed by atoms with E-state index in [2.05, 4.69) is 14.9 Å². The Morgan fingerprint density at radius 2 is 1.78 bits per heavy atom. The lowest BCUT2D eigenvalue weighted by atomic mass is 9.91. The van der Waals surface area contributed by atoms with Crippen LogP contribution < -0.4 is 14.2 Å². The summed E-state index contributed by atoms with van der Waals surface area (Å²) in [5, 5.41) is 7.76. The van der Waals surface area contributed by atoms with Crippen molar-refractivity contribution in [2.75, 3.05) is 6.79 Å². The van der Waals surface area contributed by atoms with Crippen molar-refractivity contribution >= 4 is 10.0 Å². The Morgan fingerprint density at radius 3 is 2.59 bits per heavy atom. The topological polar surface area (TPSA) is 95.3 Å². The van der Waals surface area contributed by atoms with Gasteiger partial charge in [0, 0.05) is 12.1 Å². The number of aromatic nitrogens is 3. The number of hydrogen-bond donors (Lipinski definition) is 1. The third-order valence-electron chi connectivity index (χ3n) is 6.26. The number of nitrogens with zero attached hydrogens (tertiary/aromatic N) is 3. The van der Waals surface area contributed by atoms with Crippen LogP contribution >= 0.6 is 0 Å². The van der Waals surface area contributed by atoms with E-state index in [0.717, 1.165) is 48.1 Å². The van der Waals surface area contributed by atoms with Gasteiger partial charge in [-0.3, -0.25) is 0 Å². The highest BCUT2D eigenvalue weighted by Gasteiger charge is 2.28. The highest BCUT2D eigenvalue weighted by atomic mass is 32.2. The smallest absolute Gasteiger partial charge is 0.241 e. The van der Waals surface area contributed by atoms with E-state index < -0.39 is 10.0 Å². The first-order valence-corrected chi connectivity index (χ1v) is 12.4. The predicted molar refractivity (Wildman–Crippen MR) is 119 cm³/mol. The van der Waals surface area contributed by atoms with Gasteiger partial charge in [0.1, 0.15) is 12.7 Å². The monoisotopic (exact) mass is 454 g/mol. The number of rotatable bonds is 6. The average Bonchev–Trinajstić information content (AvgIpc) is 3.50. The van der Waals surface area contributed by atoms with Crippen molar-refractivity contribution in [2.45, 2.75) is 56.0 Å². The summed E-state index contributed by atoms with van der Waals surface area (Å²) in [6, 6.07) is 11.4. The standard InChI is InChI=1S/C23H26N4O4S/c1-2-16-10-17(18-6-8-21-22(11-18)31-15-30-21)7-9-23(16)32(28,29)26-19-4-3-5-20(12-19)27-13-24-25-14-27/h6-11,13-14,19-20,26H,2-5,12,15H2,1H3. The molecule has 1 saturated carbocycles. The molecule has 168 valence electrons. The van der Waals surface area contributed by atoms with Gasteiger partial charge < -0.3 is 14.0 Å². The number of nitrogens with one attached hydrogen (secondary N) is 1. The summed E-state index contributed by atoms with van der Waals surface area (Å²) in [5.41, 5.74) is 2.70. The van der Waals surface area contributed by atoms with Crippen LogP contribution in [0.1, 0.15) is 44.2 Å². The average molecular weight is 455 g/mol. The Bertz CT molecular complexity index is 1210. The lowest BCUT2D eigenvalue weighted by Crippen LogP contribution is -2.39. The summed E-state index contributed by atoms with van der Waals surface area (Å²) in [5.74, 6) is 1.43. The van der Waals surface area contributed by atoms with Gasteiger partial charge in [-0.25, -0.2) is 13.1 Å². The molecule has 1 N–H and O–H groups in total. The molecule has 32 heavy (non-hydrogen) atoms. The van der Waals surface area contributed by atoms with Crippen molar-refractivity contribution in [3.05, 3.63) is 54.6 Å². The lowest BCUT2D eigenvalue weighted by Gasteiger charge is -2.30. The van der Waals surface area contributed by atoms with Gasteiger partial charge in [-0.05, 0) is 73.1 Å². The number of aryl methyl sites for hydroxylation is 1. The Labute approximate surface area is 187 Å². The highest BCUT2D eigenvalue weighted by molar-refractivity contribution is 7.89. The summed E-state index contributed by atoms with van der Waals surface area (Å²) in [6.45, 7) is 2.20. The van der Waals surface area contributed by atoms with Crippen LogP contribution in [0.4, 0.5) is 0 Å². The second kappa shape index (κ2) is 8.55. The maximum absolute atomic E-state index is 13.3. The minimum absolute atomic E-state index is 0.112. The summed E-state index contributed by atoms with van der Waals surface area (Å²) in [7, 11) is -3.64. The molecule has 2 aromatic carbocycles. The zero-order valence-corrected chi connectivity index (χ0v) is 18.7. The van der Waals surface area contributed by atoms with E-state index in [4.69, 9.17) is 9.47 Å². The SMILES string of the molecule is CCc1cc(-c2ccc3c(c2)OCO3)ccc1S(=O)(=O)NC1CCCC(n2cnnc2)C1. The predicted octanol–water partition coefficient (Wildman–Crippen LogP) is 3.70. The molecule has 2 atom stereocenters. The molecular formula is C23H26N4O4S. The van der Waals surface area contributed by atoms with Crippen molar-refractivity contribution in [2.24, 2.45) is 0 Å². The second-order valence-electron chi connectivity index (χ2n) is 8.29. The van der Waals surface area contributed by atoms with Crippen LogP contribution in [-0.4, -0.2) is 36.0 Å². The Morgan fingerprint density at radius 1 is 1.03 bits per heavy atom. The Kier molecular flexibility index (Phi) is 5.60. The van der Waals surface area contributed by atoms with Gasteiger partial charge in [-0.1, -0.05) is 19.1 Å². The molecule has 0 amide bonds. The zero-order valence-electron chi connectivity index (χ0n) is 17.9. The summed E-state index contributed by atoms with van der Waals surface area (Å²) in [4.78, 5) is 0.343. The van der Waals surface area contributed by atoms with Gasteiger partial charge in [-0.15, -0.1) is 10.2 Å². The molecule has 8 nitrogen and oxygen atoms in total. The van der Waals surface area contributed by atoms with Gasteiger partial charge in [-0.2, -0.15) is 0 Å². The molecule has 9 heteroatoms. The van der Waals surface area contributed by atoms with Gasteiger partial charge in [0.2, 0.25) is 16.8 Å².